The Morgan fingerprint density at radius 2 is 1.89 bits per heavy atom. The third kappa shape index (κ3) is 3.40. The van der Waals surface area contributed by atoms with Gasteiger partial charge in [0.1, 0.15) is 0 Å². The van der Waals surface area contributed by atoms with Gasteiger partial charge in [-0.25, -0.2) is 0 Å². The minimum Gasteiger partial charge on any atom is -0.0915 e. The van der Waals surface area contributed by atoms with Gasteiger partial charge in [0, 0.05) is 4.43 Å². The fourth-order valence-corrected chi connectivity index (χ4v) is 5.85. The average molecular weight is 254 g/mol. The Bertz CT molecular complexity index is 111. The topological polar surface area (TPSA) is 0 Å². The maximum atomic E-state index is 2.44. The van der Waals surface area contributed by atoms with Crippen LogP contribution in [0.25, 0.3) is 0 Å². The van der Waals surface area contributed by atoms with Crippen LogP contribution in [0.3, 0.4) is 0 Å². The van der Waals surface area contributed by atoms with Crippen LogP contribution >= 0.6 is 22.6 Å². The van der Waals surface area contributed by atoms with Gasteiger partial charge in [-0.15, -0.1) is 0 Å². The summed E-state index contributed by atoms with van der Waals surface area (Å²) in [5.74, 6) is 0. The van der Waals surface area contributed by atoms with Crippen LogP contribution in [0.2, 0.25) is 19.6 Å². The average Bonchev–Trinajstić information content (AvgIpc) is 1.65. The number of halogens is 1. The van der Waals surface area contributed by atoms with Crippen molar-refractivity contribution in [1.29, 1.82) is 0 Å². The maximum absolute atomic E-state index is 2.44. The van der Waals surface area contributed by atoms with E-state index in [1.807, 2.05) is 0 Å². The van der Waals surface area contributed by atoms with Crippen molar-refractivity contribution in [2.75, 3.05) is 4.43 Å². The summed E-state index contributed by atoms with van der Waals surface area (Å²) >= 11 is 2.44. The molecular weight excluding hydrogens is 239 g/mol. The van der Waals surface area contributed by atoms with Crippen molar-refractivity contribution in [2.24, 2.45) is 0 Å². The first-order chi connectivity index (χ1) is 4.02. The first-order valence-corrected chi connectivity index (χ1v) is 8.26. The van der Waals surface area contributed by atoms with E-state index in [4.69, 9.17) is 0 Å². The molecule has 0 atom stereocenters. The zero-order valence-electron chi connectivity index (χ0n) is 6.66. The van der Waals surface area contributed by atoms with E-state index >= 15 is 0 Å². The van der Waals surface area contributed by atoms with Crippen molar-refractivity contribution in [3.63, 3.8) is 0 Å². The zero-order valence-corrected chi connectivity index (χ0v) is 9.82. The van der Waals surface area contributed by atoms with Crippen molar-refractivity contribution in [3.8, 4) is 0 Å². The monoisotopic (exact) mass is 254 g/mol. The number of alkyl halides is 1. The molecule has 0 saturated carbocycles. The molecule has 0 N–H and O–H groups in total. The molecule has 9 heavy (non-hydrogen) atoms. The summed E-state index contributed by atoms with van der Waals surface area (Å²) in [5.41, 5.74) is 0. The lowest BCUT2D eigenvalue weighted by atomic mass is 10.6. The quantitative estimate of drug-likeness (QED) is 0.403. The molecule has 0 amide bonds. The second kappa shape index (κ2) is 3.76. The lowest BCUT2D eigenvalue weighted by molar-refractivity contribution is 1.53. The van der Waals surface area contributed by atoms with E-state index in [9.17, 15) is 0 Å². The fourth-order valence-electron chi connectivity index (χ4n) is 0.711. The van der Waals surface area contributed by atoms with E-state index in [1.165, 1.54) is 4.43 Å². The van der Waals surface area contributed by atoms with Gasteiger partial charge in [-0.2, -0.15) is 0 Å². The third-order valence-electron chi connectivity index (χ3n) is 1.46. The van der Waals surface area contributed by atoms with Crippen molar-refractivity contribution in [1.82, 2.24) is 0 Å². The maximum Gasteiger partial charge on any atom is 0.0730 e. The van der Waals surface area contributed by atoms with Gasteiger partial charge in [0.15, 0.2) is 0 Å². The summed E-state index contributed by atoms with van der Waals surface area (Å²) in [7, 11) is -0.933. The molecule has 0 bridgehead atoms. The number of rotatable bonds is 2. The Hall–Kier alpha value is 0.687. The molecular formula is C7H15ISi. The van der Waals surface area contributed by atoms with E-state index in [0.717, 1.165) is 0 Å². The number of allylic oxidation sites excluding steroid dienone is 2. The van der Waals surface area contributed by atoms with Gasteiger partial charge in [0.2, 0.25) is 0 Å². The second-order valence-corrected chi connectivity index (χ2v) is 9.10. The molecule has 54 valence electrons. The molecule has 0 aliphatic rings. The molecule has 0 nitrogen and oxygen atoms in total. The molecule has 0 spiro atoms. The van der Waals surface area contributed by atoms with Crippen molar-refractivity contribution in [3.05, 3.63) is 11.3 Å². The Morgan fingerprint density at radius 3 is 1.89 bits per heavy atom. The largest absolute Gasteiger partial charge is 0.0915 e. The molecule has 2 heteroatoms. The normalized spacial score (nSPS) is 14.1. The second-order valence-electron chi connectivity index (χ2n) is 3.20. The molecule has 0 saturated heterocycles. The smallest absolute Gasteiger partial charge is 0.0730 e. The van der Waals surface area contributed by atoms with Gasteiger partial charge in [-0.1, -0.05) is 53.5 Å². The highest BCUT2D eigenvalue weighted by molar-refractivity contribution is 14.1. The van der Waals surface area contributed by atoms with Crippen molar-refractivity contribution in [2.45, 2.75) is 26.6 Å². The first kappa shape index (κ1) is 9.69. The summed E-state index contributed by atoms with van der Waals surface area (Å²) in [5, 5.41) is 1.67. The highest BCUT2D eigenvalue weighted by Crippen LogP contribution is 2.15. The molecule has 0 aromatic heterocycles. The highest BCUT2D eigenvalue weighted by Gasteiger charge is 2.16. The van der Waals surface area contributed by atoms with Gasteiger partial charge in [0.25, 0.3) is 0 Å². The van der Waals surface area contributed by atoms with Gasteiger partial charge in [-0.3, -0.25) is 0 Å². The Labute approximate surface area is 72.9 Å². The summed E-state index contributed by atoms with van der Waals surface area (Å²) in [6.45, 7) is 9.31. The molecule has 0 heterocycles. The number of hydrogen-bond donors (Lipinski definition) is 0. The van der Waals surface area contributed by atoms with Crippen LogP contribution in [-0.4, -0.2) is 12.5 Å². The van der Waals surface area contributed by atoms with E-state index < -0.39 is 8.07 Å². The predicted octanol–water partition coefficient (Wildman–Crippen LogP) is 3.25. The molecule has 0 aromatic rings. The fraction of sp³-hybridized carbons (Fsp3) is 0.714. The summed E-state index contributed by atoms with van der Waals surface area (Å²) in [6, 6.07) is 0. The zero-order chi connectivity index (χ0) is 7.49. The SMILES string of the molecule is C/C=C(\CI)[Si](C)(C)C. The van der Waals surface area contributed by atoms with Crippen LogP contribution in [0.5, 0.6) is 0 Å². The molecule has 0 radical (unpaired) electrons. The van der Waals surface area contributed by atoms with Gasteiger partial charge in [0.05, 0.1) is 8.07 Å². The molecule has 0 aliphatic heterocycles. The van der Waals surface area contributed by atoms with Crippen LogP contribution in [-0.2, 0) is 0 Å². The van der Waals surface area contributed by atoms with Crippen LogP contribution in [0.4, 0.5) is 0 Å². The minimum atomic E-state index is -0.933. The number of hydrogen-bond acceptors (Lipinski definition) is 0. The molecule has 0 aliphatic carbocycles. The summed E-state index contributed by atoms with van der Waals surface area (Å²) in [6.07, 6.45) is 2.28. The summed E-state index contributed by atoms with van der Waals surface area (Å²) in [4.78, 5) is 0. The lowest BCUT2D eigenvalue weighted by Crippen LogP contribution is -2.24. The first-order valence-electron chi connectivity index (χ1n) is 3.24. The Morgan fingerprint density at radius 1 is 1.44 bits per heavy atom. The van der Waals surface area contributed by atoms with E-state index in [2.05, 4.69) is 55.2 Å². The Kier molecular flexibility index (Phi) is 4.04. The van der Waals surface area contributed by atoms with Crippen LogP contribution in [0.1, 0.15) is 6.92 Å². The summed E-state index contributed by atoms with van der Waals surface area (Å²) < 4.78 is 1.21. The molecule has 0 aromatic carbocycles. The molecule has 0 rings (SSSR count). The van der Waals surface area contributed by atoms with E-state index in [0.29, 0.717) is 0 Å². The van der Waals surface area contributed by atoms with Gasteiger partial charge < -0.3 is 0 Å². The van der Waals surface area contributed by atoms with Crippen molar-refractivity contribution >= 4 is 30.7 Å². The van der Waals surface area contributed by atoms with Crippen molar-refractivity contribution < 1.29 is 0 Å². The molecule has 0 unspecified atom stereocenters. The Balaban J connectivity index is 4.14. The van der Waals surface area contributed by atoms with Gasteiger partial charge >= 0.3 is 0 Å². The van der Waals surface area contributed by atoms with Crippen LogP contribution in [0.15, 0.2) is 11.3 Å². The van der Waals surface area contributed by atoms with E-state index in [1.54, 1.807) is 5.20 Å². The van der Waals surface area contributed by atoms with E-state index in [-0.39, 0.29) is 0 Å². The predicted molar refractivity (Wildman–Crippen MR) is 56.0 cm³/mol. The molecule has 0 fully saturated rings. The minimum absolute atomic E-state index is 0.933. The standard InChI is InChI=1S/C7H15ISi/c1-5-7(6-8)9(2,3)4/h5H,6H2,1-4H3/b7-5+. The lowest BCUT2D eigenvalue weighted by Gasteiger charge is -2.17. The van der Waals surface area contributed by atoms with Crippen LogP contribution in [0, 0.1) is 0 Å². The van der Waals surface area contributed by atoms with Crippen LogP contribution < -0.4 is 0 Å². The van der Waals surface area contributed by atoms with Gasteiger partial charge in [-0.05, 0) is 6.92 Å². The highest BCUT2D eigenvalue weighted by atomic mass is 127. The third-order valence-corrected chi connectivity index (χ3v) is 5.39.